The van der Waals surface area contributed by atoms with Crippen LogP contribution in [-0.2, 0) is 9.53 Å². The second-order valence-electron chi connectivity index (χ2n) is 5.33. The van der Waals surface area contributed by atoms with Crippen molar-refractivity contribution in [2.24, 2.45) is 5.73 Å². The van der Waals surface area contributed by atoms with E-state index in [0.29, 0.717) is 6.61 Å². The third-order valence-electron chi connectivity index (χ3n) is 3.53. The second-order valence-corrected chi connectivity index (χ2v) is 5.33. The fourth-order valence-corrected chi connectivity index (χ4v) is 2.47. The molecule has 1 amide bonds. The van der Waals surface area contributed by atoms with Gasteiger partial charge in [0.1, 0.15) is 6.61 Å². The summed E-state index contributed by atoms with van der Waals surface area (Å²) < 4.78 is 5.47. The molecule has 1 aliphatic carbocycles. The highest BCUT2D eigenvalue weighted by Gasteiger charge is 2.27. The maximum Gasteiger partial charge on any atom is 0.250 e. The van der Waals surface area contributed by atoms with Crippen molar-refractivity contribution in [1.82, 2.24) is 0 Å². The van der Waals surface area contributed by atoms with Gasteiger partial charge in [-0.2, -0.15) is 0 Å². The van der Waals surface area contributed by atoms with Crippen molar-refractivity contribution in [2.45, 2.75) is 37.6 Å². The molecule has 0 aliphatic heterocycles. The first kappa shape index (κ1) is 14.0. The van der Waals surface area contributed by atoms with Gasteiger partial charge in [0, 0.05) is 11.2 Å². The van der Waals surface area contributed by atoms with Gasteiger partial charge in [0.2, 0.25) is 5.91 Å². The van der Waals surface area contributed by atoms with Crippen molar-refractivity contribution in [2.75, 3.05) is 18.5 Å². The van der Waals surface area contributed by atoms with Gasteiger partial charge in [-0.25, -0.2) is 0 Å². The van der Waals surface area contributed by atoms with Crippen molar-refractivity contribution in [1.29, 1.82) is 0 Å². The van der Waals surface area contributed by atoms with E-state index in [4.69, 9.17) is 10.5 Å². The molecule has 3 N–H and O–H groups in total. The summed E-state index contributed by atoms with van der Waals surface area (Å²) in [5, 5.41) is 2.79. The summed E-state index contributed by atoms with van der Waals surface area (Å²) in [4.78, 5) is 11.7. The Morgan fingerprint density at radius 1 is 1.21 bits per heavy atom. The van der Waals surface area contributed by atoms with Crippen LogP contribution in [0, 0.1) is 0 Å². The molecule has 1 fully saturated rings. The molecule has 0 bridgehead atoms. The minimum atomic E-state index is -0.231. The lowest BCUT2D eigenvalue weighted by molar-refractivity contribution is -0.121. The minimum Gasteiger partial charge on any atom is -0.370 e. The van der Waals surface area contributed by atoms with Gasteiger partial charge in [0.25, 0.3) is 0 Å². The third-order valence-corrected chi connectivity index (χ3v) is 3.53. The monoisotopic (exact) mass is 262 g/mol. The van der Waals surface area contributed by atoms with E-state index in [0.717, 1.165) is 31.4 Å². The molecule has 4 heteroatoms. The van der Waals surface area contributed by atoms with Crippen LogP contribution in [0.5, 0.6) is 0 Å². The molecule has 0 radical (unpaired) electrons. The molecule has 4 nitrogen and oxygen atoms in total. The Labute approximate surface area is 114 Å². The van der Waals surface area contributed by atoms with Crippen molar-refractivity contribution in [3.8, 4) is 0 Å². The number of nitrogens with one attached hydrogen (secondary N) is 1. The van der Waals surface area contributed by atoms with Crippen LogP contribution in [0.15, 0.2) is 30.3 Å². The molecule has 104 valence electrons. The van der Waals surface area contributed by atoms with Gasteiger partial charge in [-0.05, 0) is 25.0 Å². The standard InChI is InChI=1S/C15H22N2O2/c16-15(9-5-2-6-10-15)12-19-11-14(18)17-13-7-3-1-4-8-13/h1,3-4,7-8H,2,5-6,9-12,16H2,(H,17,18). The summed E-state index contributed by atoms with van der Waals surface area (Å²) in [6.07, 6.45) is 5.57. The van der Waals surface area contributed by atoms with Crippen molar-refractivity contribution >= 4 is 11.6 Å². The first-order valence-corrected chi connectivity index (χ1v) is 6.90. The van der Waals surface area contributed by atoms with Gasteiger partial charge in [-0.15, -0.1) is 0 Å². The highest BCUT2D eigenvalue weighted by molar-refractivity contribution is 5.91. The number of nitrogens with two attached hydrogens (primary N) is 1. The summed E-state index contributed by atoms with van der Waals surface area (Å²) in [5.41, 5.74) is 6.80. The van der Waals surface area contributed by atoms with E-state index < -0.39 is 0 Å². The predicted octanol–water partition coefficient (Wildman–Crippen LogP) is 2.30. The summed E-state index contributed by atoms with van der Waals surface area (Å²) in [6.45, 7) is 0.531. The molecule has 1 saturated carbocycles. The van der Waals surface area contributed by atoms with Crippen LogP contribution in [0.2, 0.25) is 0 Å². The average molecular weight is 262 g/mol. The van der Waals surface area contributed by atoms with Crippen LogP contribution in [-0.4, -0.2) is 24.7 Å². The molecule has 0 aromatic heterocycles. The van der Waals surface area contributed by atoms with Gasteiger partial charge in [-0.1, -0.05) is 37.5 Å². The van der Waals surface area contributed by atoms with Crippen molar-refractivity contribution in [3.05, 3.63) is 30.3 Å². The van der Waals surface area contributed by atoms with E-state index in [1.807, 2.05) is 30.3 Å². The van der Waals surface area contributed by atoms with Gasteiger partial charge >= 0.3 is 0 Å². The SMILES string of the molecule is NC1(COCC(=O)Nc2ccccc2)CCCCC1. The number of anilines is 1. The van der Waals surface area contributed by atoms with E-state index in [1.165, 1.54) is 6.42 Å². The van der Waals surface area contributed by atoms with Crippen LogP contribution in [0.1, 0.15) is 32.1 Å². The Bertz CT molecular complexity index is 400. The molecule has 0 saturated heterocycles. The molecule has 0 unspecified atom stereocenters. The van der Waals surface area contributed by atoms with E-state index in [1.54, 1.807) is 0 Å². The Morgan fingerprint density at radius 3 is 2.58 bits per heavy atom. The van der Waals surface area contributed by atoms with Crippen LogP contribution in [0.25, 0.3) is 0 Å². The van der Waals surface area contributed by atoms with Gasteiger partial charge in [0.05, 0.1) is 6.61 Å². The van der Waals surface area contributed by atoms with E-state index in [9.17, 15) is 4.79 Å². The number of rotatable bonds is 5. The highest BCUT2D eigenvalue weighted by Crippen LogP contribution is 2.25. The highest BCUT2D eigenvalue weighted by atomic mass is 16.5. The van der Waals surface area contributed by atoms with Gasteiger partial charge in [-0.3, -0.25) is 4.79 Å². The largest absolute Gasteiger partial charge is 0.370 e. The molecule has 1 aromatic rings. The fraction of sp³-hybridized carbons (Fsp3) is 0.533. The lowest BCUT2D eigenvalue weighted by Crippen LogP contribution is -2.46. The second kappa shape index (κ2) is 6.68. The first-order chi connectivity index (χ1) is 9.18. The summed E-state index contributed by atoms with van der Waals surface area (Å²) in [7, 11) is 0. The minimum absolute atomic E-state index is 0.0633. The molecule has 1 aromatic carbocycles. The van der Waals surface area contributed by atoms with Crippen molar-refractivity contribution < 1.29 is 9.53 Å². The number of para-hydroxylation sites is 1. The average Bonchev–Trinajstić information content (AvgIpc) is 2.40. The molecule has 0 atom stereocenters. The van der Waals surface area contributed by atoms with Crippen LogP contribution < -0.4 is 11.1 Å². The number of carbonyl (C=O) groups excluding carboxylic acids is 1. The smallest absolute Gasteiger partial charge is 0.250 e. The fourth-order valence-electron chi connectivity index (χ4n) is 2.47. The molecule has 19 heavy (non-hydrogen) atoms. The maximum absolute atomic E-state index is 11.7. The first-order valence-electron chi connectivity index (χ1n) is 6.90. The maximum atomic E-state index is 11.7. The summed E-state index contributed by atoms with van der Waals surface area (Å²) >= 11 is 0. The Kier molecular flexibility index (Phi) is 4.93. The third kappa shape index (κ3) is 4.65. The number of amides is 1. The molecular formula is C15H22N2O2. The van der Waals surface area contributed by atoms with Crippen LogP contribution >= 0.6 is 0 Å². The van der Waals surface area contributed by atoms with Crippen molar-refractivity contribution in [3.63, 3.8) is 0 Å². The number of benzene rings is 1. The topological polar surface area (TPSA) is 64.3 Å². The van der Waals surface area contributed by atoms with E-state index in [2.05, 4.69) is 5.32 Å². The van der Waals surface area contributed by atoms with E-state index in [-0.39, 0.29) is 18.1 Å². The number of ether oxygens (including phenoxy) is 1. The predicted molar refractivity (Wildman–Crippen MR) is 75.9 cm³/mol. The molecule has 1 aliphatic rings. The lowest BCUT2D eigenvalue weighted by Gasteiger charge is -2.32. The Morgan fingerprint density at radius 2 is 1.89 bits per heavy atom. The molecule has 0 heterocycles. The zero-order chi connectivity index (χ0) is 13.6. The normalized spacial score (nSPS) is 17.9. The lowest BCUT2D eigenvalue weighted by atomic mass is 9.83. The summed E-state index contributed by atoms with van der Waals surface area (Å²) in [6, 6.07) is 9.38. The number of hydrogen-bond donors (Lipinski definition) is 2. The van der Waals surface area contributed by atoms with Gasteiger partial charge in [0.15, 0.2) is 0 Å². The Balaban J connectivity index is 1.69. The number of carbonyl (C=O) groups is 1. The molecule has 2 rings (SSSR count). The Hall–Kier alpha value is -1.39. The van der Waals surface area contributed by atoms with Crippen LogP contribution in [0.3, 0.4) is 0 Å². The zero-order valence-corrected chi connectivity index (χ0v) is 11.2. The summed E-state index contributed by atoms with van der Waals surface area (Å²) in [5.74, 6) is -0.134. The molecule has 0 spiro atoms. The zero-order valence-electron chi connectivity index (χ0n) is 11.2. The van der Waals surface area contributed by atoms with E-state index >= 15 is 0 Å². The molecular weight excluding hydrogens is 240 g/mol. The van der Waals surface area contributed by atoms with Crippen LogP contribution in [0.4, 0.5) is 5.69 Å². The van der Waals surface area contributed by atoms with Gasteiger partial charge < -0.3 is 15.8 Å². The number of hydrogen-bond acceptors (Lipinski definition) is 3. The quantitative estimate of drug-likeness (QED) is 0.855.